The molecule has 3 aliphatic carbocycles. The van der Waals surface area contributed by atoms with Gasteiger partial charge in [0.05, 0.1) is 6.10 Å². The molecule has 0 unspecified atom stereocenters. The van der Waals surface area contributed by atoms with Crippen LogP contribution in [0.1, 0.15) is 63.2 Å². The quantitative estimate of drug-likeness (QED) is 0.688. The van der Waals surface area contributed by atoms with Gasteiger partial charge in [0.1, 0.15) is 17.8 Å². The number of aromatic nitrogens is 2. The minimum atomic E-state index is -0.0521. The third-order valence-electron chi connectivity index (χ3n) is 7.39. The molecule has 0 spiro atoms. The van der Waals surface area contributed by atoms with Crippen molar-refractivity contribution in [2.24, 2.45) is 11.8 Å². The number of hydrogen-bond acceptors (Lipinski definition) is 6. The summed E-state index contributed by atoms with van der Waals surface area (Å²) in [4.78, 5) is 36.2. The lowest BCUT2D eigenvalue weighted by Crippen LogP contribution is -2.47. The van der Waals surface area contributed by atoms with Crippen molar-refractivity contribution >= 4 is 17.6 Å². The second-order valence-corrected chi connectivity index (χ2v) is 9.73. The maximum atomic E-state index is 13.2. The molecule has 0 aromatic carbocycles. The van der Waals surface area contributed by atoms with Crippen molar-refractivity contribution in [2.45, 2.75) is 69.4 Å². The first-order valence-corrected chi connectivity index (χ1v) is 12.0. The van der Waals surface area contributed by atoms with Gasteiger partial charge in [0.25, 0.3) is 0 Å². The van der Waals surface area contributed by atoms with Crippen molar-refractivity contribution in [2.75, 3.05) is 19.1 Å². The highest BCUT2D eigenvalue weighted by atomic mass is 16.5. The summed E-state index contributed by atoms with van der Waals surface area (Å²) in [6.45, 7) is 0. The molecule has 33 heavy (non-hydrogen) atoms. The van der Waals surface area contributed by atoms with E-state index in [1.807, 2.05) is 12.1 Å². The van der Waals surface area contributed by atoms with Gasteiger partial charge >= 0.3 is 0 Å². The summed E-state index contributed by atoms with van der Waals surface area (Å²) in [5.74, 6) is 2.10. The van der Waals surface area contributed by atoms with E-state index in [4.69, 9.17) is 9.15 Å². The molecule has 8 heteroatoms. The lowest BCUT2D eigenvalue weighted by molar-refractivity contribution is -0.133. The number of nitrogens with zero attached hydrogens (tertiary/aromatic N) is 3. The second-order valence-electron chi connectivity index (χ2n) is 9.73. The smallest absolute Gasteiger partial charge is 0.230 e. The predicted molar refractivity (Wildman–Crippen MR) is 123 cm³/mol. The average molecular weight is 453 g/mol. The number of amides is 2. The van der Waals surface area contributed by atoms with Crippen molar-refractivity contribution in [3.05, 3.63) is 30.5 Å². The first-order chi connectivity index (χ1) is 16.0. The molecule has 0 radical (unpaired) electrons. The lowest BCUT2D eigenvalue weighted by atomic mass is 9.80. The fraction of sp³-hybridized carbons (Fsp3) is 0.600. The Bertz CT molecular complexity index is 1000. The van der Waals surface area contributed by atoms with Crippen LogP contribution in [0.3, 0.4) is 0 Å². The van der Waals surface area contributed by atoms with Gasteiger partial charge in [-0.05, 0) is 63.5 Å². The summed E-state index contributed by atoms with van der Waals surface area (Å²) in [7, 11) is 3.47. The molecule has 3 aliphatic rings. The van der Waals surface area contributed by atoms with Gasteiger partial charge in [-0.3, -0.25) is 14.5 Å². The molecule has 176 valence electrons. The number of nitrogens with one attached hydrogen (secondary N) is 1. The van der Waals surface area contributed by atoms with Gasteiger partial charge in [-0.25, -0.2) is 9.97 Å². The topological polar surface area (TPSA) is 97.6 Å². The van der Waals surface area contributed by atoms with Gasteiger partial charge in [0.15, 0.2) is 5.89 Å². The normalized spacial score (nSPS) is 27.0. The van der Waals surface area contributed by atoms with E-state index in [9.17, 15) is 9.59 Å². The molecule has 3 fully saturated rings. The van der Waals surface area contributed by atoms with Crippen LogP contribution in [0.4, 0.5) is 5.82 Å². The molecule has 2 heterocycles. The van der Waals surface area contributed by atoms with Crippen LogP contribution in [0.25, 0.3) is 11.3 Å². The molecule has 2 amide bonds. The van der Waals surface area contributed by atoms with Crippen LogP contribution in [0.15, 0.2) is 29.0 Å². The van der Waals surface area contributed by atoms with Crippen LogP contribution < -0.4 is 10.2 Å². The third kappa shape index (κ3) is 4.81. The Balaban J connectivity index is 1.14. The van der Waals surface area contributed by atoms with E-state index in [1.54, 1.807) is 31.5 Å². The molecule has 8 nitrogen and oxygen atoms in total. The lowest BCUT2D eigenvalue weighted by Gasteiger charge is -2.35. The monoisotopic (exact) mass is 452 g/mol. The van der Waals surface area contributed by atoms with Crippen molar-refractivity contribution in [1.82, 2.24) is 15.3 Å². The number of pyridine rings is 1. The number of methoxy groups -OCH3 is 1. The van der Waals surface area contributed by atoms with Crippen LogP contribution in [0, 0.1) is 11.8 Å². The first-order valence-electron chi connectivity index (χ1n) is 12.0. The molecule has 0 atom stereocenters. The van der Waals surface area contributed by atoms with Gasteiger partial charge < -0.3 is 14.5 Å². The molecular weight excluding hydrogens is 420 g/mol. The zero-order valence-electron chi connectivity index (χ0n) is 19.3. The zero-order chi connectivity index (χ0) is 22.9. The number of ether oxygens (including phenoxy) is 1. The Labute approximate surface area is 194 Å². The highest BCUT2D eigenvalue weighted by Gasteiger charge is 2.36. The maximum absolute atomic E-state index is 13.2. The first kappa shape index (κ1) is 22.1. The SMILES string of the molecule is COC1CC(C(=O)NC2CCC(C(=O)N(C)c3cc(-c4coc(C5CC5)n4)ccn3)CC2)C1. The van der Waals surface area contributed by atoms with Gasteiger partial charge in [0, 0.05) is 49.7 Å². The van der Waals surface area contributed by atoms with E-state index in [1.165, 1.54) is 0 Å². The maximum Gasteiger partial charge on any atom is 0.230 e. The van der Waals surface area contributed by atoms with E-state index in [-0.39, 0.29) is 35.8 Å². The third-order valence-corrected chi connectivity index (χ3v) is 7.39. The van der Waals surface area contributed by atoms with Crippen molar-refractivity contribution in [3.8, 4) is 11.3 Å². The van der Waals surface area contributed by atoms with E-state index < -0.39 is 0 Å². The Morgan fingerprint density at radius 3 is 2.58 bits per heavy atom. The van der Waals surface area contributed by atoms with Crippen LogP contribution in [-0.2, 0) is 14.3 Å². The van der Waals surface area contributed by atoms with Crippen LogP contribution >= 0.6 is 0 Å². The largest absolute Gasteiger partial charge is 0.448 e. The summed E-state index contributed by atoms with van der Waals surface area (Å²) in [6.07, 6.45) is 10.7. The molecular formula is C25H32N4O4. The zero-order valence-corrected chi connectivity index (χ0v) is 19.3. The highest BCUT2D eigenvalue weighted by Crippen LogP contribution is 2.40. The fourth-order valence-corrected chi connectivity index (χ4v) is 4.86. The Kier molecular flexibility index (Phi) is 6.19. The Morgan fingerprint density at radius 1 is 1.12 bits per heavy atom. The number of oxazole rings is 1. The standard InChI is InChI=1S/C25H32N4O4/c1-29(22-13-17(9-10-26-22)21-14-33-24(28-21)15-3-4-15)25(31)16-5-7-19(8-6-16)27-23(30)18-11-20(12-18)32-2/h9-10,13-16,18-20H,3-8,11-12H2,1-2H3,(H,27,30). The number of carbonyl (C=O) groups excluding carboxylic acids is 2. The second kappa shape index (κ2) is 9.25. The number of carbonyl (C=O) groups is 2. The van der Waals surface area contributed by atoms with Crippen molar-refractivity contribution < 1.29 is 18.7 Å². The summed E-state index contributed by atoms with van der Waals surface area (Å²) >= 11 is 0. The Hall–Kier alpha value is -2.74. The van der Waals surface area contributed by atoms with E-state index in [0.29, 0.717) is 11.7 Å². The van der Waals surface area contributed by atoms with Crippen molar-refractivity contribution in [3.63, 3.8) is 0 Å². The Morgan fingerprint density at radius 2 is 1.88 bits per heavy atom. The van der Waals surface area contributed by atoms with Crippen LogP contribution in [-0.4, -0.2) is 48.1 Å². The number of rotatable bonds is 7. The van der Waals surface area contributed by atoms with Gasteiger partial charge in [-0.15, -0.1) is 0 Å². The highest BCUT2D eigenvalue weighted by molar-refractivity contribution is 5.94. The summed E-state index contributed by atoms with van der Waals surface area (Å²) in [5.41, 5.74) is 1.68. The van der Waals surface area contributed by atoms with Gasteiger partial charge in [-0.2, -0.15) is 0 Å². The summed E-state index contributed by atoms with van der Waals surface area (Å²) in [5, 5.41) is 3.18. The van der Waals surface area contributed by atoms with E-state index >= 15 is 0 Å². The molecule has 1 N–H and O–H groups in total. The van der Waals surface area contributed by atoms with Crippen LogP contribution in [0.2, 0.25) is 0 Å². The molecule has 0 aliphatic heterocycles. The van der Waals surface area contributed by atoms with Gasteiger partial charge in [0.2, 0.25) is 11.8 Å². The molecule has 0 saturated heterocycles. The molecule has 2 aromatic rings. The van der Waals surface area contributed by atoms with E-state index in [0.717, 1.165) is 68.5 Å². The minimum Gasteiger partial charge on any atom is -0.448 e. The predicted octanol–water partition coefficient (Wildman–Crippen LogP) is 3.68. The van der Waals surface area contributed by atoms with Crippen molar-refractivity contribution in [1.29, 1.82) is 0 Å². The number of anilines is 1. The molecule has 0 bridgehead atoms. The fourth-order valence-electron chi connectivity index (χ4n) is 4.86. The summed E-state index contributed by atoms with van der Waals surface area (Å²) in [6, 6.07) is 3.94. The molecule has 2 aromatic heterocycles. The molecule has 5 rings (SSSR count). The van der Waals surface area contributed by atoms with E-state index in [2.05, 4.69) is 15.3 Å². The minimum absolute atomic E-state index is 0.0521. The van der Waals surface area contributed by atoms with Gasteiger partial charge in [-0.1, -0.05) is 0 Å². The molecule has 3 saturated carbocycles. The summed E-state index contributed by atoms with van der Waals surface area (Å²) < 4.78 is 10.9. The average Bonchev–Trinajstić information content (AvgIpc) is 3.54. The number of hydrogen-bond donors (Lipinski definition) is 1. The van der Waals surface area contributed by atoms with Crippen LogP contribution in [0.5, 0.6) is 0 Å².